The van der Waals surface area contributed by atoms with Crippen molar-refractivity contribution >= 4 is 79.4 Å². The topological polar surface area (TPSA) is 26.3 Å². The Labute approximate surface area is 147 Å². The van der Waals surface area contributed by atoms with Crippen LogP contribution in [0, 0.1) is 0 Å². The molecule has 0 aliphatic heterocycles. The van der Waals surface area contributed by atoms with E-state index < -0.39 is 0 Å². The molecular formula is C15H11KO2. The first-order valence-corrected chi connectivity index (χ1v) is 5.40. The van der Waals surface area contributed by atoms with Gasteiger partial charge in [0.05, 0.1) is 0 Å². The second-order valence-electron chi connectivity index (χ2n) is 3.89. The predicted molar refractivity (Wildman–Crippen MR) is 75.3 cm³/mol. The molecule has 0 radical (unpaired) electrons. The third kappa shape index (κ3) is 2.51. The summed E-state index contributed by atoms with van der Waals surface area (Å²) in [5, 5.41) is 4.35. The number of carbonyl (C=O) groups is 1. The zero-order valence-electron chi connectivity index (χ0n) is 9.09. The van der Waals surface area contributed by atoms with Crippen molar-refractivity contribution in [1.82, 2.24) is 0 Å². The van der Waals surface area contributed by atoms with Gasteiger partial charge in [-0.15, -0.1) is 0 Å². The minimum atomic E-state index is 0. The van der Waals surface area contributed by atoms with Gasteiger partial charge in [-0.05, 0) is 34.4 Å². The van der Waals surface area contributed by atoms with Gasteiger partial charge in [-0.3, -0.25) is 4.79 Å². The van der Waals surface area contributed by atoms with Crippen molar-refractivity contribution in [2.45, 2.75) is 0 Å². The Balaban J connectivity index is 0.00000120. The van der Waals surface area contributed by atoms with Gasteiger partial charge < -0.3 is 4.74 Å². The molecule has 3 aromatic rings. The van der Waals surface area contributed by atoms with E-state index >= 15 is 0 Å². The van der Waals surface area contributed by atoms with E-state index in [-0.39, 0.29) is 51.4 Å². The standard InChI is InChI=1S/C15H10O2.K.H/c16-10-17-15-7-3-6-13-8-11-4-1-2-5-12(11)9-14(13)15;;/h1-10H;;. The third-order valence-electron chi connectivity index (χ3n) is 2.88. The summed E-state index contributed by atoms with van der Waals surface area (Å²) >= 11 is 0. The molecule has 0 spiro atoms. The van der Waals surface area contributed by atoms with Crippen LogP contribution >= 0.6 is 0 Å². The average Bonchev–Trinajstić information content (AvgIpc) is 2.37. The van der Waals surface area contributed by atoms with Crippen LogP contribution in [0.4, 0.5) is 0 Å². The molecule has 3 aromatic carbocycles. The second kappa shape index (κ2) is 5.95. The summed E-state index contributed by atoms with van der Waals surface area (Å²) in [4.78, 5) is 10.5. The van der Waals surface area contributed by atoms with Crippen molar-refractivity contribution in [3.05, 3.63) is 54.6 Å². The Hall–Kier alpha value is -0.714. The molecule has 0 N–H and O–H groups in total. The fraction of sp³-hybridized carbons (Fsp3) is 0. The van der Waals surface area contributed by atoms with Crippen molar-refractivity contribution in [2.24, 2.45) is 0 Å². The van der Waals surface area contributed by atoms with Crippen LogP contribution in [0.15, 0.2) is 54.6 Å². The molecule has 84 valence electrons. The number of hydrogen-bond acceptors (Lipinski definition) is 2. The van der Waals surface area contributed by atoms with Crippen LogP contribution < -0.4 is 4.74 Å². The van der Waals surface area contributed by atoms with Gasteiger partial charge in [-0.25, -0.2) is 0 Å². The Morgan fingerprint density at radius 1 is 0.833 bits per heavy atom. The normalized spacial score (nSPS) is 10.0. The maximum atomic E-state index is 10.5. The summed E-state index contributed by atoms with van der Waals surface area (Å²) in [6, 6.07) is 18.0. The minimum absolute atomic E-state index is 0. The fourth-order valence-corrected chi connectivity index (χ4v) is 2.09. The SMILES string of the molecule is O=COc1cccc2cc3ccccc3cc12.[KH]. The zero-order chi connectivity index (χ0) is 11.7. The molecule has 0 saturated carbocycles. The van der Waals surface area contributed by atoms with Crippen molar-refractivity contribution < 1.29 is 9.53 Å². The number of carbonyl (C=O) groups excluding carboxylic acids is 1. The fourth-order valence-electron chi connectivity index (χ4n) is 2.09. The van der Waals surface area contributed by atoms with Crippen LogP contribution in [0.2, 0.25) is 0 Å². The molecule has 0 aliphatic carbocycles. The molecule has 2 nitrogen and oxygen atoms in total. The van der Waals surface area contributed by atoms with E-state index in [0.717, 1.165) is 16.2 Å². The van der Waals surface area contributed by atoms with Crippen LogP contribution in [0.3, 0.4) is 0 Å². The van der Waals surface area contributed by atoms with Crippen molar-refractivity contribution in [2.75, 3.05) is 0 Å². The number of fused-ring (bicyclic) bond motifs is 2. The molecule has 0 heterocycles. The van der Waals surface area contributed by atoms with Crippen molar-refractivity contribution in [3.63, 3.8) is 0 Å². The van der Waals surface area contributed by atoms with Crippen LogP contribution in [0.25, 0.3) is 21.5 Å². The molecular weight excluding hydrogens is 251 g/mol. The van der Waals surface area contributed by atoms with Gasteiger partial charge in [0.25, 0.3) is 6.47 Å². The summed E-state index contributed by atoms with van der Waals surface area (Å²) in [6.07, 6.45) is 0. The van der Waals surface area contributed by atoms with Crippen molar-refractivity contribution in [3.8, 4) is 5.75 Å². The van der Waals surface area contributed by atoms with E-state index in [4.69, 9.17) is 4.74 Å². The predicted octanol–water partition coefficient (Wildman–Crippen LogP) is 2.88. The third-order valence-corrected chi connectivity index (χ3v) is 2.88. The van der Waals surface area contributed by atoms with Gasteiger partial charge in [0.1, 0.15) is 5.75 Å². The summed E-state index contributed by atoms with van der Waals surface area (Å²) in [5.74, 6) is 0.600. The molecule has 0 unspecified atom stereocenters. The Kier molecular flexibility index (Phi) is 4.53. The van der Waals surface area contributed by atoms with Gasteiger partial charge in [-0.2, -0.15) is 0 Å². The van der Waals surface area contributed by atoms with Crippen LogP contribution in [-0.2, 0) is 4.79 Å². The van der Waals surface area contributed by atoms with Crippen LogP contribution in [-0.4, -0.2) is 57.9 Å². The molecule has 3 heteroatoms. The van der Waals surface area contributed by atoms with E-state index in [2.05, 4.69) is 12.1 Å². The Bertz CT molecular complexity index is 707. The summed E-state index contributed by atoms with van der Waals surface area (Å²) in [5.41, 5.74) is 0. The summed E-state index contributed by atoms with van der Waals surface area (Å²) in [7, 11) is 0. The second-order valence-corrected chi connectivity index (χ2v) is 3.89. The van der Waals surface area contributed by atoms with E-state index in [9.17, 15) is 4.79 Å². The molecule has 0 amide bonds. The quantitative estimate of drug-likeness (QED) is 0.403. The summed E-state index contributed by atoms with van der Waals surface area (Å²) < 4.78 is 4.99. The van der Waals surface area contributed by atoms with Gasteiger partial charge in [0, 0.05) is 5.39 Å². The molecule has 18 heavy (non-hydrogen) atoms. The number of benzene rings is 3. The molecule has 3 rings (SSSR count). The van der Waals surface area contributed by atoms with Gasteiger partial charge in [0.2, 0.25) is 0 Å². The van der Waals surface area contributed by atoms with Crippen LogP contribution in [0.5, 0.6) is 5.75 Å². The number of hydrogen-bond donors (Lipinski definition) is 0. The first-order valence-electron chi connectivity index (χ1n) is 5.40. The van der Waals surface area contributed by atoms with Crippen LogP contribution in [0.1, 0.15) is 0 Å². The van der Waals surface area contributed by atoms with E-state index in [1.165, 1.54) is 5.39 Å². The molecule has 0 aliphatic rings. The van der Waals surface area contributed by atoms with E-state index in [1.807, 2.05) is 36.4 Å². The van der Waals surface area contributed by atoms with Gasteiger partial charge in [-0.1, -0.05) is 36.4 Å². The maximum absolute atomic E-state index is 10.5. The average molecular weight is 262 g/mol. The zero-order valence-corrected chi connectivity index (χ0v) is 9.09. The first kappa shape index (κ1) is 13.7. The molecule has 0 saturated heterocycles. The molecule has 0 fully saturated rings. The molecule has 0 bridgehead atoms. The monoisotopic (exact) mass is 262 g/mol. The Morgan fingerprint density at radius 2 is 1.50 bits per heavy atom. The number of ether oxygens (including phenoxy) is 1. The Morgan fingerprint density at radius 3 is 2.22 bits per heavy atom. The summed E-state index contributed by atoms with van der Waals surface area (Å²) in [6.45, 7) is 0.462. The van der Waals surface area contributed by atoms with Crippen molar-refractivity contribution in [1.29, 1.82) is 0 Å². The molecule has 0 aromatic heterocycles. The van der Waals surface area contributed by atoms with E-state index in [1.54, 1.807) is 6.07 Å². The first-order chi connectivity index (χ1) is 8.38. The molecule has 0 atom stereocenters. The van der Waals surface area contributed by atoms with E-state index in [0.29, 0.717) is 12.2 Å². The van der Waals surface area contributed by atoms with Gasteiger partial charge in [0.15, 0.2) is 0 Å². The number of rotatable bonds is 2. The van der Waals surface area contributed by atoms with Gasteiger partial charge >= 0.3 is 51.4 Å².